The highest BCUT2D eigenvalue weighted by atomic mass is 32.1. The van der Waals surface area contributed by atoms with E-state index in [-0.39, 0.29) is 11.8 Å². The normalized spacial score (nSPS) is 15.5. The highest BCUT2D eigenvalue weighted by Crippen LogP contribution is 2.49. The molecule has 3 rings (SSSR count). The number of thiophene rings is 1. The minimum atomic E-state index is -0.510. The maximum Gasteiger partial charge on any atom is 0.252 e. The molecule has 2 aromatic rings. The predicted molar refractivity (Wildman–Crippen MR) is 91.2 cm³/mol. The monoisotopic (exact) mass is 330 g/mol. The molecule has 0 radical (unpaired) electrons. The lowest BCUT2D eigenvalue weighted by atomic mass is 9.82. The Kier molecular flexibility index (Phi) is 3.85. The molecule has 0 bridgehead atoms. The number of ether oxygens (including phenoxy) is 1. The topological polar surface area (TPSA) is 81.4 Å². The van der Waals surface area contributed by atoms with Crippen LogP contribution in [0.2, 0.25) is 0 Å². The number of fused-ring (bicyclic) bond motifs is 3. The molecule has 5 nitrogen and oxygen atoms in total. The highest BCUT2D eigenvalue weighted by Gasteiger charge is 2.31. The summed E-state index contributed by atoms with van der Waals surface area (Å²) in [5, 5.41) is 3.26. The van der Waals surface area contributed by atoms with E-state index in [9.17, 15) is 9.59 Å². The molecule has 1 aromatic heterocycles. The van der Waals surface area contributed by atoms with Crippen molar-refractivity contribution in [3.8, 4) is 16.2 Å². The van der Waals surface area contributed by atoms with Gasteiger partial charge in [0.05, 0.1) is 12.7 Å². The third-order valence-corrected chi connectivity index (χ3v) is 5.22. The van der Waals surface area contributed by atoms with Crippen LogP contribution < -0.4 is 15.8 Å². The summed E-state index contributed by atoms with van der Waals surface area (Å²) in [6.07, 6.45) is 0.822. The van der Waals surface area contributed by atoms with Gasteiger partial charge in [-0.05, 0) is 41.2 Å². The number of hydrogen-bond donors (Lipinski definition) is 2. The summed E-state index contributed by atoms with van der Waals surface area (Å²) in [7, 11) is 1.63. The van der Waals surface area contributed by atoms with E-state index in [1.165, 1.54) is 23.8 Å². The zero-order chi connectivity index (χ0) is 16.7. The van der Waals surface area contributed by atoms with Gasteiger partial charge in [0.2, 0.25) is 5.91 Å². The van der Waals surface area contributed by atoms with E-state index in [0.29, 0.717) is 10.6 Å². The lowest BCUT2D eigenvalue weighted by Crippen LogP contribution is -2.18. The smallest absolute Gasteiger partial charge is 0.252 e. The summed E-state index contributed by atoms with van der Waals surface area (Å²) in [5.41, 5.74) is 9.19. The van der Waals surface area contributed by atoms with E-state index >= 15 is 0 Å². The van der Waals surface area contributed by atoms with Gasteiger partial charge < -0.3 is 15.8 Å². The molecule has 0 saturated heterocycles. The van der Waals surface area contributed by atoms with E-state index in [0.717, 1.165) is 28.2 Å². The number of nitrogens with one attached hydrogen (secondary N) is 1. The molecular formula is C17H18N2O3S. The van der Waals surface area contributed by atoms with Gasteiger partial charge in [0.25, 0.3) is 5.91 Å². The SMILES string of the molecule is COc1ccc2c(c1)-c1sc(NC(C)=O)c(C(N)=O)c1C(C)C2. The molecule has 1 heterocycles. The number of benzene rings is 1. The second kappa shape index (κ2) is 5.70. The summed E-state index contributed by atoms with van der Waals surface area (Å²) in [6, 6.07) is 5.96. The van der Waals surface area contributed by atoms with Crippen LogP contribution in [0.25, 0.3) is 10.4 Å². The summed E-state index contributed by atoms with van der Waals surface area (Å²) in [6.45, 7) is 3.49. The fraction of sp³-hybridized carbons (Fsp3) is 0.294. The molecule has 1 aliphatic rings. The summed E-state index contributed by atoms with van der Waals surface area (Å²) < 4.78 is 5.31. The fourth-order valence-corrected chi connectivity index (χ4v) is 4.54. The van der Waals surface area contributed by atoms with Gasteiger partial charge in [-0.15, -0.1) is 11.3 Å². The third kappa shape index (κ3) is 2.59. The largest absolute Gasteiger partial charge is 0.497 e. The van der Waals surface area contributed by atoms with Crippen molar-refractivity contribution in [1.29, 1.82) is 0 Å². The highest BCUT2D eigenvalue weighted by molar-refractivity contribution is 7.20. The maximum absolute atomic E-state index is 12.0. The molecule has 0 spiro atoms. The van der Waals surface area contributed by atoms with Crippen molar-refractivity contribution in [1.82, 2.24) is 0 Å². The molecule has 1 atom stereocenters. The molecule has 23 heavy (non-hydrogen) atoms. The fourth-order valence-electron chi connectivity index (χ4n) is 3.11. The Hall–Kier alpha value is -2.34. The standard InChI is InChI=1S/C17H18N2O3S/c1-8-6-10-4-5-11(22-3)7-12(10)15-13(8)14(16(18)21)17(23-15)19-9(2)20/h4-5,7-8H,6H2,1-3H3,(H2,18,21)(H,19,20). The van der Waals surface area contributed by atoms with Crippen LogP contribution in [0.4, 0.5) is 5.00 Å². The molecular weight excluding hydrogens is 312 g/mol. The van der Waals surface area contributed by atoms with Crippen molar-refractivity contribution in [2.75, 3.05) is 12.4 Å². The van der Waals surface area contributed by atoms with Crippen molar-refractivity contribution in [3.05, 3.63) is 34.9 Å². The molecule has 1 aromatic carbocycles. The van der Waals surface area contributed by atoms with Gasteiger partial charge >= 0.3 is 0 Å². The molecule has 1 unspecified atom stereocenters. The van der Waals surface area contributed by atoms with Gasteiger partial charge in [-0.3, -0.25) is 9.59 Å². The maximum atomic E-state index is 12.0. The van der Waals surface area contributed by atoms with Crippen molar-refractivity contribution in [2.24, 2.45) is 5.73 Å². The van der Waals surface area contributed by atoms with Gasteiger partial charge in [0.15, 0.2) is 0 Å². The van der Waals surface area contributed by atoms with Crippen LogP contribution in [0.15, 0.2) is 18.2 Å². The number of nitrogens with two attached hydrogens (primary N) is 1. The van der Waals surface area contributed by atoms with Crippen LogP contribution in [0, 0.1) is 0 Å². The average Bonchev–Trinajstić information content (AvgIpc) is 2.86. The summed E-state index contributed by atoms with van der Waals surface area (Å²) in [4.78, 5) is 24.4. The van der Waals surface area contributed by atoms with Crippen molar-refractivity contribution >= 4 is 28.2 Å². The van der Waals surface area contributed by atoms with Crippen LogP contribution in [0.3, 0.4) is 0 Å². The Morgan fingerprint density at radius 1 is 1.39 bits per heavy atom. The predicted octanol–water partition coefficient (Wildman–Crippen LogP) is 3.14. The van der Waals surface area contributed by atoms with Crippen LogP contribution in [0.1, 0.15) is 41.3 Å². The third-order valence-electron chi connectivity index (χ3n) is 4.06. The number of carbonyl (C=O) groups is 2. The average molecular weight is 330 g/mol. The second-order valence-corrected chi connectivity index (χ2v) is 6.74. The number of methoxy groups -OCH3 is 1. The van der Waals surface area contributed by atoms with Gasteiger partial charge in [0.1, 0.15) is 10.8 Å². The molecule has 2 amide bonds. The van der Waals surface area contributed by atoms with E-state index in [1.807, 2.05) is 12.1 Å². The van der Waals surface area contributed by atoms with Gasteiger partial charge in [-0.1, -0.05) is 13.0 Å². The summed E-state index contributed by atoms with van der Waals surface area (Å²) in [5.74, 6) is 0.195. The zero-order valence-corrected chi connectivity index (χ0v) is 14.0. The Balaban J connectivity index is 2.26. The first-order chi connectivity index (χ1) is 10.9. The number of hydrogen-bond acceptors (Lipinski definition) is 4. The van der Waals surface area contributed by atoms with Gasteiger partial charge in [-0.2, -0.15) is 0 Å². The number of primary amides is 1. The lowest BCUT2D eigenvalue weighted by Gasteiger charge is -2.23. The minimum Gasteiger partial charge on any atom is -0.497 e. The van der Waals surface area contributed by atoms with Crippen molar-refractivity contribution in [3.63, 3.8) is 0 Å². The van der Waals surface area contributed by atoms with E-state index in [4.69, 9.17) is 10.5 Å². The van der Waals surface area contributed by atoms with Crippen LogP contribution in [-0.4, -0.2) is 18.9 Å². The molecule has 6 heteroatoms. The Labute approximate surface area is 138 Å². The molecule has 0 saturated carbocycles. The Morgan fingerprint density at radius 2 is 2.13 bits per heavy atom. The molecule has 120 valence electrons. The number of carbonyl (C=O) groups excluding carboxylic acids is 2. The van der Waals surface area contributed by atoms with E-state index in [1.54, 1.807) is 7.11 Å². The van der Waals surface area contributed by atoms with E-state index in [2.05, 4.69) is 18.3 Å². The Bertz CT molecular complexity index is 810. The first kappa shape index (κ1) is 15.6. The first-order valence-electron chi connectivity index (χ1n) is 7.33. The van der Waals surface area contributed by atoms with Gasteiger partial charge in [0, 0.05) is 11.8 Å². The van der Waals surface area contributed by atoms with Crippen molar-refractivity contribution in [2.45, 2.75) is 26.2 Å². The minimum absolute atomic E-state index is 0.159. The molecule has 0 fully saturated rings. The number of amides is 2. The molecule has 3 N–H and O–H groups in total. The van der Waals surface area contributed by atoms with E-state index < -0.39 is 5.91 Å². The van der Waals surface area contributed by atoms with Crippen molar-refractivity contribution < 1.29 is 14.3 Å². The van der Waals surface area contributed by atoms with Crippen LogP contribution in [0.5, 0.6) is 5.75 Å². The number of anilines is 1. The van der Waals surface area contributed by atoms with Crippen LogP contribution >= 0.6 is 11.3 Å². The molecule has 1 aliphatic carbocycles. The van der Waals surface area contributed by atoms with Gasteiger partial charge in [-0.25, -0.2) is 0 Å². The molecule has 0 aliphatic heterocycles. The number of rotatable bonds is 3. The first-order valence-corrected chi connectivity index (χ1v) is 8.15. The van der Waals surface area contributed by atoms with Crippen LogP contribution in [-0.2, 0) is 11.2 Å². The lowest BCUT2D eigenvalue weighted by molar-refractivity contribution is -0.114. The summed E-state index contributed by atoms with van der Waals surface area (Å²) >= 11 is 1.40. The Morgan fingerprint density at radius 3 is 2.74 bits per heavy atom. The zero-order valence-electron chi connectivity index (χ0n) is 13.2. The second-order valence-electron chi connectivity index (χ2n) is 5.72. The quantitative estimate of drug-likeness (QED) is 0.907.